The molecule has 0 bridgehead atoms. The van der Waals surface area contributed by atoms with Crippen molar-refractivity contribution in [3.05, 3.63) is 35.6 Å². The van der Waals surface area contributed by atoms with Crippen LogP contribution in [0.15, 0.2) is 24.3 Å². The van der Waals surface area contributed by atoms with Gasteiger partial charge in [0, 0.05) is 0 Å². The van der Waals surface area contributed by atoms with Crippen LogP contribution in [0.4, 0.5) is 13.2 Å². The number of halogens is 3. The first-order chi connectivity index (χ1) is 6.99. The van der Waals surface area contributed by atoms with Crippen molar-refractivity contribution in [2.24, 2.45) is 0 Å². The van der Waals surface area contributed by atoms with E-state index >= 15 is 0 Å². The van der Waals surface area contributed by atoms with Gasteiger partial charge in [-0.1, -0.05) is 12.1 Å². The Bertz CT molecular complexity index is 350. The lowest BCUT2D eigenvalue weighted by Crippen LogP contribution is -1.93. The highest BCUT2D eigenvalue weighted by atomic mass is 19.1. The monoisotopic (exact) mass is 218 g/mol. The molecule has 1 aromatic rings. The molecule has 0 saturated carbocycles. The lowest BCUT2D eigenvalue weighted by Gasteiger charge is -1.91. The van der Waals surface area contributed by atoms with E-state index in [1.165, 1.54) is 19.1 Å². The van der Waals surface area contributed by atoms with E-state index in [-0.39, 0.29) is 0 Å². The van der Waals surface area contributed by atoms with Crippen LogP contribution in [0, 0.1) is 5.82 Å². The van der Waals surface area contributed by atoms with E-state index < -0.39 is 29.9 Å². The summed E-state index contributed by atoms with van der Waals surface area (Å²) in [4.78, 5) is 19.4. The normalized spacial score (nSPS) is 8.80. The van der Waals surface area contributed by atoms with Gasteiger partial charge < -0.3 is 0 Å². The summed E-state index contributed by atoms with van der Waals surface area (Å²) in [5.41, 5.74) is -0.512. The molecule has 82 valence electrons. The molecule has 0 aliphatic heterocycles. The van der Waals surface area contributed by atoms with Gasteiger partial charge in [0.05, 0.1) is 5.56 Å². The summed E-state index contributed by atoms with van der Waals surface area (Å²) in [5, 5.41) is 0. The second-order valence-electron chi connectivity index (χ2n) is 2.59. The first kappa shape index (κ1) is 13.4. The Labute approximate surface area is 84.7 Å². The van der Waals surface area contributed by atoms with Gasteiger partial charge in [0.2, 0.25) is 0 Å². The standard InChI is InChI=1S/C7H4F2O.C3H5FO/c8-6-4-2-1-3-5(6)7(9)10;1-3(5)2-4/h1-4H;2H2,1H3. The molecule has 0 heterocycles. The lowest BCUT2D eigenvalue weighted by molar-refractivity contribution is -0.117. The van der Waals surface area contributed by atoms with E-state index in [2.05, 4.69) is 0 Å². The molecule has 0 aromatic heterocycles. The zero-order valence-corrected chi connectivity index (χ0v) is 7.97. The Morgan fingerprint density at radius 3 is 2.00 bits per heavy atom. The predicted octanol–water partition coefficient (Wildman–Crippen LogP) is 2.48. The van der Waals surface area contributed by atoms with Crippen molar-refractivity contribution in [2.45, 2.75) is 6.92 Å². The summed E-state index contributed by atoms with van der Waals surface area (Å²) < 4.78 is 35.0. The smallest absolute Gasteiger partial charge is 0.297 e. The largest absolute Gasteiger partial charge is 0.335 e. The molecular weight excluding hydrogens is 209 g/mol. The maximum atomic E-state index is 12.4. The Morgan fingerprint density at radius 1 is 1.27 bits per heavy atom. The Balaban J connectivity index is 0.000000336. The number of benzene rings is 1. The van der Waals surface area contributed by atoms with Crippen LogP contribution in [0.2, 0.25) is 0 Å². The van der Waals surface area contributed by atoms with E-state index in [0.29, 0.717) is 0 Å². The average molecular weight is 218 g/mol. The molecule has 1 aromatic carbocycles. The van der Waals surface area contributed by atoms with E-state index in [1.54, 1.807) is 0 Å². The SMILES string of the molecule is CC(=O)CF.O=C(F)c1ccccc1F. The number of rotatable bonds is 2. The van der Waals surface area contributed by atoms with Crippen LogP contribution < -0.4 is 0 Å². The van der Waals surface area contributed by atoms with Gasteiger partial charge in [-0.3, -0.25) is 9.59 Å². The number of alkyl halides is 1. The quantitative estimate of drug-likeness (QED) is 0.714. The summed E-state index contributed by atoms with van der Waals surface area (Å²) in [7, 11) is 0. The van der Waals surface area contributed by atoms with Crippen LogP contribution in [0.5, 0.6) is 0 Å². The lowest BCUT2D eigenvalue weighted by atomic mass is 10.2. The van der Waals surface area contributed by atoms with Crippen LogP contribution in [-0.2, 0) is 4.79 Å². The Hall–Kier alpha value is -1.65. The summed E-state index contributed by atoms with van der Waals surface area (Å²) in [6.45, 7) is 0.375. The molecule has 0 saturated heterocycles. The van der Waals surface area contributed by atoms with Gasteiger partial charge >= 0.3 is 6.04 Å². The minimum Gasteiger partial charge on any atom is -0.297 e. The second kappa shape index (κ2) is 6.75. The van der Waals surface area contributed by atoms with Crippen molar-refractivity contribution >= 4 is 11.8 Å². The molecule has 1 rings (SSSR count). The molecule has 0 atom stereocenters. The highest BCUT2D eigenvalue weighted by Crippen LogP contribution is 2.06. The molecule has 0 fully saturated rings. The first-order valence-corrected chi connectivity index (χ1v) is 3.98. The van der Waals surface area contributed by atoms with Crippen LogP contribution >= 0.6 is 0 Å². The fourth-order valence-electron chi connectivity index (χ4n) is 0.621. The third-order valence-electron chi connectivity index (χ3n) is 1.27. The minimum atomic E-state index is -1.74. The molecule has 5 heteroatoms. The van der Waals surface area contributed by atoms with Crippen molar-refractivity contribution < 1.29 is 22.8 Å². The van der Waals surface area contributed by atoms with Crippen molar-refractivity contribution in [2.75, 3.05) is 6.67 Å². The van der Waals surface area contributed by atoms with Gasteiger partial charge in [-0.2, -0.15) is 4.39 Å². The number of Topliss-reactive ketones (excluding diaryl/α,β-unsaturated/α-hetero) is 1. The molecule has 2 nitrogen and oxygen atoms in total. The Morgan fingerprint density at radius 2 is 1.73 bits per heavy atom. The summed E-state index contributed by atoms with van der Waals surface area (Å²) in [6, 6.07) is 3.18. The van der Waals surface area contributed by atoms with Crippen molar-refractivity contribution in [1.82, 2.24) is 0 Å². The zero-order valence-electron chi connectivity index (χ0n) is 7.97. The van der Waals surface area contributed by atoms with Crippen LogP contribution in [0.25, 0.3) is 0 Å². The maximum absolute atomic E-state index is 12.4. The number of carbonyl (C=O) groups excluding carboxylic acids is 2. The van der Waals surface area contributed by atoms with Gasteiger partial charge in [-0.25, -0.2) is 8.78 Å². The zero-order chi connectivity index (χ0) is 11.8. The minimum absolute atomic E-state index is 0.412. The molecule has 0 radical (unpaired) electrons. The van der Waals surface area contributed by atoms with Crippen molar-refractivity contribution in [3.63, 3.8) is 0 Å². The summed E-state index contributed by atoms with van der Waals surface area (Å²) in [6.07, 6.45) is 0. The van der Waals surface area contributed by atoms with Gasteiger partial charge in [0.25, 0.3) is 0 Å². The van der Waals surface area contributed by atoms with E-state index in [9.17, 15) is 22.8 Å². The average Bonchev–Trinajstić information content (AvgIpc) is 2.19. The fraction of sp³-hybridized carbons (Fsp3) is 0.200. The van der Waals surface area contributed by atoms with Crippen molar-refractivity contribution in [1.29, 1.82) is 0 Å². The van der Waals surface area contributed by atoms with E-state index in [0.717, 1.165) is 12.1 Å². The maximum Gasteiger partial charge on any atom is 0.335 e. The van der Waals surface area contributed by atoms with Gasteiger partial charge in [0.15, 0.2) is 5.78 Å². The van der Waals surface area contributed by atoms with E-state index in [4.69, 9.17) is 0 Å². The first-order valence-electron chi connectivity index (χ1n) is 3.98. The predicted molar refractivity (Wildman–Crippen MR) is 48.5 cm³/mol. The summed E-state index contributed by atoms with van der Waals surface area (Å²) >= 11 is 0. The molecule has 0 unspecified atom stereocenters. The molecule has 0 spiro atoms. The van der Waals surface area contributed by atoms with Gasteiger partial charge in [-0.15, -0.1) is 0 Å². The van der Waals surface area contributed by atoms with Crippen LogP contribution in [0.3, 0.4) is 0 Å². The molecule has 0 N–H and O–H groups in total. The third-order valence-corrected chi connectivity index (χ3v) is 1.27. The molecule has 0 amide bonds. The van der Waals surface area contributed by atoms with Gasteiger partial charge in [-0.05, 0) is 19.1 Å². The number of ketones is 1. The topological polar surface area (TPSA) is 34.1 Å². The number of hydrogen-bond acceptors (Lipinski definition) is 2. The van der Waals surface area contributed by atoms with Crippen LogP contribution in [0.1, 0.15) is 17.3 Å². The Kier molecular flexibility index (Phi) is 6.01. The summed E-state index contributed by atoms with van der Waals surface area (Å²) in [5.74, 6) is -1.24. The van der Waals surface area contributed by atoms with Crippen LogP contribution in [-0.4, -0.2) is 18.5 Å². The highest BCUT2D eigenvalue weighted by Gasteiger charge is 2.07. The molecular formula is C10H9F3O2. The molecule has 15 heavy (non-hydrogen) atoms. The molecule has 0 aliphatic carbocycles. The molecule has 0 aliphatic rings. The fourth-order valence-corrected chi connectivity index (χ4v) is 0.621. The number of carbonyl (C=O) groups is 2. The second-order valence-corrected chi connectivity index (χ2v) is 2.59. The third kappa shape index (κ3) is 5.61. The van der Waals surface area contributed by atoms with E-state index in [1.807, 2.05) is 0 Å². The number of hydrogen-bond donors (Lipinski definition) is 0. The van der Waals surface area contributed by atoms with Crippen molar-refractivity contribution in [3.8, 4) is 0 Å². The highest BCUT2D eigenvalue weighted by molar-refractivity contribution is 5.88. The van der Waals surface area contributed by atoms with Gasteiger partial charge in [0.1, 0.15) is 12.5 Å².